The lowest BCUT2D eigenvalue weighted by molar-refractivity contribution is 0.129. The summed E-state index contributed by atoms with van der Waals surface area (Å²) in [6.07, 6.45) is 3.23. The van der Waals surface area contributed by atoms with Gasteiger partial charge in [0.15, 0.2) is 5.96 Å². The monoisotopic (exact) mass is 496 g/mol. The molecule has 0 atom stereocenters. The number of likely N-dealkylation sites (tertiary alicyclic amines) is 1. The van der Waals surface area contributed by atoms with Crippen molar-refractivity contribution in [1.82, 2.24) is 14.9 Å². The van der Waals surface area contributed by atoms with Crippen LogP contribution in [0.4, 0.5) is 0 Å². The number of piperidine rings is 1. The highest BCUT2D eigenvalue weighted by molar-refractivity contribution is 14.0. The quantitative estimate of drug-likeness (QED) is 0.260. The summed E-state index contributed by atoms with van der Waals surface area (Å²) in [4.78, 5) is 6.72. The molecular weight excluding hydrogens is 467 g/mol. The third-order valence-electron chi connectivity index (χ3n) is 3.86. The lowest BCUT2D eigenvalue weighted by Gasteiger charge is -2.34. The van der Waals surface area contributed by atoms with Gasteiger partial charge in [-0.3, -0.25) is 4.99 Å². The van der Waals surface area contributed by atoms with Crippen molar-refractivity contribution in [3.8, 4) is 5.75 Å². The molecule has 26 heavy (non-hydrogen) atoms. The average molecular weight is 496 g/mol. The van der Waals surface area contributed by atoms with E-state index >= 15 is 0 Å². The number of nitrogens with zero attached hydrogens (tertiary/aromatic N) is 2. The number of hydrogen-bond acceptors (Lipinski definition) is 4. The first-order chi connectivity index (χ1) is 12.0. The van der Waals surface area contributed by atoms with Gasteiger partial charge in [0.25, 0.3) is 0 Å². The summed E-state index contributed by atoms with van der Waals surface area (Å²) in [5.41, 5.74) is 0. The van der Waals surface area contributed by atoms with Crippen molar-refractivity contribution in [3.63, 3.8) is 0 Å². The molecule has 1 saturated heterocycles. The zero-order valence-electron chi connectivity index (χ0n) is 15.3. The Morgan fingerprint density at radius 2 is 1.92 bits per heavy atom. The summed E-state index contributed by atoms with van der Waals surface area (Å²) in [6, 6.07) is 9.89. The molecule has 0 unspecified atom stereocenters. The molecule has 0 saturated carbocycles. The van der Waals surface area contributed by atoms with E-state index in [2.05, 4.69) is 19.9 Å². The smallest absolute Gasteiger partial charge is 0.208 e. The average Bonchev–Trinajstić information content (AvgIpc) is 2.58. The molecule has 9 heteroatoms. The number of benzene rings is 1. The Labute approximate surface area is 173 Å². The molecule has 2 rings (SSSR count). The Bertz CT molecular complexity index is 647. The number of sulfonamides is 1. The first-order valence-corrected chi connectivity index (χ1v) is 10.6. The third-order valence-corrected chi connectivity index (χ3v) is 4.59. The van der Waals surface area contributed by atoms with Crippen LogP contribution in [0.1, 0.15) is 19.8 Å². The highest BCUT2D eigenvalue weighted by Crippen LogP contribution is 2.18. The second-order valence-electron chi connectivity index (χ2n) is 6.02. The molecule has 0 aromatic heterocycles. The van der Waals surface area contributed by atoms with Crippen LogP contribution in [-0.2, 0) is 10.0 Å². The first kappa shape index (κ1) is 23.0. The van der Waals surface area contributed by atoms with Crippen LogP contribution in [0.5, 0.6) is 5.75 Å². The van der Waals surface area contributed by atoms with E-state index in [-0.39, 0.29) is 30.1 Å². The Morgan fingerprint density at radius 1 is 1.27 bits per heavy atom. The molecule has 148 valence electrons. The van der Waals surface area contributed by atoms with E-state index in [1.165, 1.54) is 0 Å². The van der Waals surface area contributed by atoms with E-state index in [1.807, 2.05) is 37.3 Å². The SMILES string of the molecule is CCNC(=NCCNS(C)(=O)=O)N1CCC(Oc2ccccc2)CC1.I. The van der Waals surface area contributed by atoms with E-state index in [0.29, 0.717) is 13.1 Å². The van der Waals surface area contributed by atoms with Crippen molar-refractivity contribution < 1.29 is 13.2 Å². The Balaban J connectivity index is 0.00000338. The molecule has 0 amide bonds. The maximum atomic E-state index is 11.1. The second kappa shape index (κ2) is 11.6. The predicted octanol–water partition coefficient (Wildman–Crippen LogP) is 1.66. The Hall–Kier alpha value is -1.07. The number of guanidine groups is 1. The minimum Gasteiger partial charge on any atom is -0.490 e. The summed E-state index contributed by atoms with van der Waals surface area (Å²) in [6.45, 7) is 5.25. The number of ether oxygens (including phenoxy) is 1. The number of aliphatic imine (C=N–C) groups is 1. The maximum Gasteiger partial charge on any atom is 0.208 e. The largest absolute Gasteiger partial charge is 0.490 e. The molecule has 0 aliphatic carbocycles. The molecule has 1 aromatic carbocycles. The number of para-hydroxylation sites is 1. The van der Waals surface area contributed by atoms with Gasteiger partial charge in [-0.1, -0.05) is 18.2 Å². The lowest BCUT2D eigenvalue weighted by atomic mass is 10.1. The zero-order chi connectivity index (χ0) is 18.1. The van der Waals surface area contributed by atoms with Crippen molar-refractivity contribution in [3.05, 3.63) is 30.3 Å². The number of halogens is 1. The molecule has 7 nitrogen and oxygen atoms in total. The highest BCUT2D eigenvalue weighted by Gasteiger charge is 2.22. The van der Waals surface area contributed by atoms with Gasteiger partial charge < -0.3 is 15.0 Å². The van der Waals surface area contributed by atoms with E-state index in [0.717, 1.165) is 50.4 Å². The van der Waals surface area contributed by atoms with E-state index in [9.17, 15) is 8.42 Å². The number of nitrogens with one attached hydrogen (secondary N) is 2. The van der Waals surface area contributed by atoms with Crippen molar-refractivity contribution in [2.75, 3.05) is 39.0 Å². The summed E-state index contributed by atoms with van der Waals surface area (Å²) in [5, 5.41) is 3.27. The van der Waals surface area contributed by atoms with Crippen molar-refractivity contribution in [1.29, 1.82) is 0 Å². The molecule has 1 fully saturated rings. The van der Waals surface area contributed by atoms with Crippen LogP contribution in [0, 0.1) is 0 Å². The first-order valence-electron chi connectivity index (χ1n) is 8.67. The Morgan fingerprint density at radius 3 is 2.50 bits per heavy atom. The molecule has 1 aromatic rings. The zero-order valence-corrected chi connectivity index (χ0v) is 18.5. The van der Waals surface area contributed by atoms with Crippen LogP contribution in [0.25, 0.3) is 0 Å². The van der Waals surface area contributed by atoms with E-state index in [4.69, 9.17) is 4.74 Å². The van der Waals surface area contributed by atoms with Crippen LogP contribution in [-0.4, -0.2) is 64.4 Å². The standard InChI is InChI=1S/C17H28N4O3S.HI/c1-3-18-17(19-11-12-20-25(2,22)23)21-13-9-16(10-14-21)24-15-7-5-4-6-8-15;/h4-8,16,20H,3,9-14H2,1-2H3,(H,18,19);1H. The van der Waals surface area contributed by atoms with Gasteiger partial charge in [0, 0.05) is 39.0 Å². The predicted molar refractivity (Wildman–Crippen MR) is 116 cm³/mol. The molecule has 0 spiro atoms. The molecule has 0 bridgehead atoms. The van der Waals surface area contributed by atoms with Gasteiger partial charge in [-0.25, -0.2) is 13.1 Å². The molecule has 0 radical (unpaired) electrons. The fourth-order valence-electron chi connectivity index (χ4n) is 2.70. The topological polar surface area (TPSA) is 83.0 Å². The second-order valence-corrected chi connectivity index (χ2v) is 7.85. The Kier molecular flexibility index (Phi) is 10.3. The van der Waals surface area contributed by atoms with Gasteiger partial charge in [0.1, 0.15) is 11.9 Å². The fraction of sp³-hybridized carbons (Fsp3) is 0.588. The summed E-state index contributed by atoms with van der Waals surface area (Å²) in [7, 11) is -3.17. The van der Waals surface area contributed by atoms with Gasteiger partial charge in [-0.15, -0.1) is 24.0 Å². The van der Waals surface area contributed by atoms with Crippen LogP contribution in [0.15, 0.2) is 35.3 Å². The van der Waals surface area contributed by atoms with Gasteiger partial charge >= 0.3 is 0 Å². The summed E-state index contributed by atoms with van der Waals surface area (Å²) < 4.78 is 30.7. The van der Waals surface area contributed by atoms with Gasteiger partial charge in [0.05, 0.1) is 12.8 Å². The van der Waals surface area contributed by atoms with Crippen molar-refractivity contribution in [2.24, 2.45) is 4.99 Å². The minimum atomic E-state index is -3.17. The highest BCUT2D eigenvalue weighted by atomic mass is 127. The molecule has 1 aliphatic heterocycles. The van der Waals surface area contributed by atoms with Crippen LogP contribution in [0.3, 0.4) is 0 Å². The van der Waals surface area contributed by atoms with Gasteiger partial charge in [-0.2, -0.15) is 0 Å². The molecule has 2 N–H and O–H groups in total. The normalized spacial score (nSPS) is 16.1. The van der Waals surface area contributed by atoms with Crippen LogP contribution in [0.2, 0.25) is 0 Å². The van der Waals surface area contributed by atoms with Crippen LogP contribution >= 0.6 is 24.0 Å². The third kappa shape index (κ3) is 8.54. The van der Waals surface area contributed by atoms with E-state index < -0.39 is 10.0 Å². The number of rotatable bonds is 7. The molecular formula is C17H29IN4O3S. The van der Waals surface area contributed by atoms with Crippen molar-refractivity contribution >= 4 is 40.0 Å². The lowest BCUT2D eigenvalue weighted by Crippen LogP contribution is -2.47. The molecule has 1 heterocycles. The number of hydrogen-bond donors (Lipinski definition) is 2. The maximum absolute atomic E-state index is 11.1. The van der Waals surface area contributed by atoms with Crippen molar-refractivity contribution in [2.45, 2.75) is 25.9 Å². The summed E-state index contributed by atoms with van der Waals surface area (Å²) in [5.74, 6) is 1.74. The minimum absolute atomic E-state index is 0. The van der Waals surface area contributed by atoms with Gasteiger partial charge in [-0.05, 0) is 19.1 Å². The summed E-state index contributed by atoms with van der Waals surface area (Å²) >= 11 is 0. The molecule has 1 aliphatic rings. The fourth-order valence-corrected chi connectivity index (χ4v) is 3.16. The van der Waals surface area contributed by atoms with Crippen LogP contribution < -0.4 is 14.8 Å². The van der Waals surface area contributed by atoms with E-state index in [1.54, 1.807) is 0 Å². The van der Waals surface area contributed by atoms with Gasteiger partial charge in [0.2, 0.25) is 10.0 Å².